The molecule has 0 amide bonds. The molecule has 32 heavy (non-hydrogen) atoms. The molecule has 0 fully saturated rings. The lowest BCUT2D eigenvalue weighted by molar-refractivity contribution is 0.0764. The smallest absolute Gasteiger partial charge is 0.126 e. The Kier molecular flexibility index (Phi) is 6.81. The van der Waals surface area contributed by atoms with Gasteiger partial charge in [-0.2, -0.15) is 0 Å². The molecule has 0 saturated heterocycles. The summed E-state index contributed by atoms with van der Waals surface area (Å²) < 4.78 is 16.0. The van der Waals surface area contributed by atoms with Gasteiger partial charge in [-0.15, -0.1) is 0 Å². The molecule has 0 radical (unpaired) electrons. The van der Waals surface area contributed by atoms with Crippen LogP contribution in [0.2, 0.25) is 5.02 Å². The number of halogens is 2. The first-order valence-electron chi connectivity index (χ1n) is 10.7. The third-order valence-corrected chi connectivity index (χ3v) is 6.10. The zero-order chi connectivity index (χ0) is 22.8. The van der Waals surface area contributed by atoms with Crippen molar-refractivity contribution >= 4 is 17.4 Å². The van der Waals surface area contributed by atoms with Gasteiger partial charge in [-0.3, -0.25) is 4.90 Å². The average Bonchev–Trinajstić information content (AvgIpc) is 3.17. The zero-order valence-electron chi connectivity index (χ0n) is 18.2. The SMILES string of the molecule is CC(C)Nc1cc(-c2cc3n(c2)C[C@H](CO)N(Cc2cc(F)ccc2CO)C3)c(Cl)cn1. The number of fused-ring (bicyclic) bond motifs is 1. The average molecular weight is 459 g/mol. The van der Waals surface area contributed by atoms with Crippen LogP contribution in [0.4, 0.5) is 10.2 Å². The topological polar surface area (TPSA) is 73.5 Å². The van der Waals surface area contributed by atoms with Crippen LogP contribution in [0.1, 0.15) is 30.7 Å². The molecule has 0 aliphatic carbocycles. The van der Waals surface area contributed by atoms with Gasteiger partial charge in [-0.25, -0.2) is 9.37 Å². The second-order valence-corrected chi connectivity index (χ2v) is 8.94. The standard InChI is InChI=1S/C24H28ClFN4O2/c1-15(2)28-24-7-22(23(25)8-27-24)18-6-20-11-30(21(14-32)12-29(20)10-18)9-17-5-19(26)4-3-16(17)13-31/h3-8,10,15,21,31-32H,9,11-14H2,1-2H3,(H,27,28)/t21-/m1/s1. The highest BCUT2D eigenvalue weighted by atomic mass is 35.5. The molecule has 2 aromatic heterocycles. The van der Waals surface area contributed by atoms with Gasteiger partial charge in [0, 0.05) is 54.9 Å². The van der Waals surface area contributed by atoms with Crippen LogP contribution in [-0.2, 0) is 26.2 Å². The Balaban J connectivity index is 1.62. The van der Waals surface area contributed by atoms with E-state index in [1.807, 2.05) is 6.07 Å². The summed E-state index contributed by atoms with van der Waals surface area (Å²) in [5.41, 5.74) is 4.38. The fourth-order valence-electron chi connectivity index (χ4n) is 4.19. The van der Waals surface area contributed by atoms with Crippen molar-refractivity contribution in [3.8, 4) is 11.1 Å². The Labute approximate surface area is 192 Å². The van der Waals surface area contributed by atoms with E-state index < -0.39 is 0 Å². The van der Waals surface area contributed by atoms with Gasteiger partial charge in [0.2, 0.25) is 0 Å². The molecule has 4 rings (SSSR count). The third-order valence-electron chi connectivity index (χ3n) is 5.80. The zero-order valence-corrected chi connectivity index (χ0v) is 19.0. The molecule has 1 aliphatic rings. The van der Waals surface area contributed by atoms with Crippen molar-refractivity contribution in [3.63, 3.8) is 0 Å². The van der Waals surface area contributed by atoms with Crippen LogP contribution in [0.25, 0.3) is 11.1 Å². The predicted molar refractivity (Wildman–Crippen MR) is 124 cm³/mol. The van der Waals surface area contributed by atoms with Crippen LogP contribution in [0, 0.1) is 5.82 Å². The summed E-state index contributed by atoms with van der Waals surface area (Å²) in [5.74, 6) is 0.430. The van der Waals surface area contributed by atoms with E-state index in [9.17, 15) is 14.6 Å². The molecular weight excluding hydrogens is 431 g/mol. The minimum atomic E-state index is -0.335. The van der Waals surface area contributed by atoms with E-state index in [1.54, 1.807) is 12.3 Å². The van der Waals surface area contributed by atoms with E-state index >= 15 is 0 Å². The number of aliphatic hydroxyl groups excluding tert-OH is 2. The largest absolute Gasteiger partial charge is 0.395 e. The van der Waals surface area contributed by atoms with Gasteiger partial charge in [0.25, 0.3) is 0 Å². The molecule has 0 bridgehead atoms. The van der Waals surface area contributed by atoms with Crippen molar-refractivity contribution < 1.29 is 14.6 Å². The van der Waals surface area contributed by atoms with Gasteiger partial charge >= 0.3 is 0 Å². The maximum atomic E-state index is 13.8. The van der Waals surface area contributed by atoms with E-state index in [1.165, 1.54) is 12.1 Å². The number of benzene rings is 1. The van der Waals surface area contributed by atoms with Gasteiger partial charge in [0.05, 0.1) is 24.3 Å². The lowest BCUT2D eigenvalue weighted by Crippen LogP contribution is -2.44. The normalized spacial score (nSPS) is 16.4. The lowest BCUT2D eigenvalue weighted by atomic mass is 10.0. The van der Waals surface area contributed by atoms with E-state index in [0.717, 1.165) is 28.2 Å². The van der Waals surface area contributed by atoms with Gasteiger partial charge < -0.3 is 20.1 Å². The van der Waals surface area contributed by atoms with Crippen LogP contribution >= 0.6 is 11.6 Å². The van der Waals surface area contributed by atoms with Crippen LogP contribution in [-0.4, -0.2) is 43.4 Å². The Morgan fingerprint density at radius 2 is 2.03 bits per heavy atom. The summed E-state index contributed by atoms with van der Waals surface area (Å²) in [6.07, 6.45) is 3.71. The first-order valence-corrected chi connectivity index (χ1v) is 11.1. The molecule has 3 heterocycles. The van der Waals surface area contributed by atoms with Gasteiger partial charge in [0.15, 0.2) is 0 Å². The number of nitrogens with zero attached hydrogens (tertiary/aromatic N) is 3. The summed E-state index contributed by atoms with van der Waals surface area (Å²) in [7, 11) is 0. The molecule has 0 saturated carbocycles. The van der Waals surface area contributed by atoms with Crippen LogP contribution < -0.4 is 5.32 Å². The fourth-order valence-corrected chi connectivity index (χ4v) is 4.40. The van der Waals surface area contributed by atoms with Crippen LogP contribution in [0.5, 0.6) is 0 Å². The number of hydrogen-bond donors (Lipinski definition) is 3. The molecule has 170 valence electrons. The van der Waals surface area contributed by atoms with Crippen molar-refractivity contribution in [1.29, 1.82) is 0 Å². The Bertz CT molecular complexity index is 1100. The van der Waals surface area contributed by atoms with Gasteiger partial charge in [-0.1, -0.05) is 17.7 Å². The summed E-state index contributed by atoms with van der Waals surface area (Å²) >= 11 is 6.46. The van der Waals surface area contributed by atoms with E-state index in [4.69, 9.17) is 11.6 Å². The van der Waals surface area contributed by atoms with Crippen LogP contribution in [0.3, 0.4) is 0 Å². The summed E-state index contributed by atoms with van der Waals surface area (Å²) in [6, 6.07) is 8.60. The molecule has 6 nitrogen and oxygen atoms in total. The fraction of sp³-hybridized carbons (Fsp3) is 0.375. The first kappa shape index (κ1) is 22.7. The van der Waals surface area contributed by atoms with Crippen molar-refractivity contribution in [1.82, 2.24) is 14.5 Å². The third kappa shape index (κ3) is 4.81. The molecule has 8 heteroatoms. The molecule has 1 aromatic carbocycles. The molecule has 0 unspecified atom stereocenters. The first-order chi connectivity index (χ1) is 15.4. The Morgan fingerprint density at radius 3 is 2.75 bits per heavy atom. The molecule has 3 N–H and O–H groups in total. The number of hydrogen-bond acceptors (Lipinski definition) is 5. The van der Waals surface area contributed by atoms with Gasteiger partial charge in [0.1, 0.15) is 11.6 Å². The highest BCUT2D eigenvalue weighted by Gasteiger charge is 2.27. The summed E-state index contributed by atoms with van der Waals surface area (Å²) in [5, 5.41) is 23.5. The van der Waals surface area contributed by atoms with Crippen molar-refractivity contribution in [2.75, 3.05) is 11.9 Å². The molecule has 1 aliphatic heterocycles. The van der Waals surface area contributed by atoms with Crippen LogP contribution in [0.15, 0.2) is 42.7 Å². The van der Waals surface area contributed by atoms with Crippen molar-refractivity contribution in [3.05, 3.63) is 70.4 Å². The number of rotatable bonds is 7. The second-order valence-electron chi connectivity index (χ2n) is 8.53. The predicted octanol–water partition coefficient (Wildman–Crippen LogP) is 4.03. The van der Waals surface area contributed by atoms with Gasteiger partial charge in [-0.05, 0) is 49.2 Å². The number of pyridine rings is 1. The highest BCUT2D eigenvalue weighted by molar-refractivity contribution is 6.33. The summed E-state index contributed by atoms with van der Waals surface area (Å²) in [4.78, 5) is 6.47. The minimum absolute atomic E-state index is 0.0187. The number of aromatic nitrogens is 2. The maximum Gasteiger partial charge on any atom is 0.126 e. The Morgan fingerprint density at radius 1 is 1.22 bits per heavy atom. The van der Waals surface area contributed by atoms with E-state index in [2.05, 4.69) is 45.9 Å². The number of nitrogens with one attached hydrogen (secondary N) is 1. The molecule has 3 aromatic rings. The Hall–Kier alpha value is -2.45. The molecular formula is C24H28ClFN4O2. The monoisotopic (exact) mass is 458 g/mol. The quantitative estimate of drug-likeness (QED) is 0.498. The maximum absolute atomic E-state index is 13.8. The number of anilines is 1. The van der Waals surface area contributed by atoms with E-state index in [-0.39, 0.29) is 31.1 Å². The highest BCUT2D eigenvalue weighted by Crippen LogP contribution is 2.33. The summed E-state index contributed by atoms with van der Waals surface area (Å²) in [6.45, 7) is 5.57. The lowest BCUT2D eigenvalue weighted by Gasteiger charge is -2.36. The van der Waals surface area contributed by atoms with Crippen molar-refractivity contribution in [2.45, 2.75) is 52.2 Å². The minimum Gasteiger partial charge on any atom is -0.395 e. The van der Waals surface area contributed by atoms with Crippen molar-refractivity contribution in [2.24, 2.45) is 0 Å². The van der Waals surface area contributed by atoms with E-state index in [0.29, 0.717) is 30.2 Å². The molecule has 0 spiro atoms. The second kappa shape index (κ2) is 9.58. The number of aliphatic hydroxyl groups is 2. The molecule has 1 atom stereocenters.